The topological polar surface area (TPSA) is 17.1 Å². The number of carbonyl (C=O) groups excluding carboxylic acids is 1. The maximum atomic E-state index is 13.1. The average molecular weight is 300 g/mol. The Kier molecular flexibility index (Phi) is 4.58. The van der Waals surface area contributed by atoms with Gasteiger partial charge < -0.3 is 0 Å². The van der Waals surface area contributed by atoms with E-state index in [0.717, 1.165) is 16.7 Å². The van der Waals surface area contributed by atoms with Gasteiger partial charge >= 0.3 is 6.18 Å². The molecule has 1 aromatic rings. The van der Waals surface area contributed by atoms with Gasteiger partial charge in [-0.1, -0.05) is 30.0 Å². The number of hydrogen-bond acceptors (Lipinski definition) is 2. The van der Waals surface area contributed by atoms with Crippen LogP contribution in [0.3, 0.4) is 0 Å². The third-order valence-electron chi connectivity index (χ3n) is 3.41. The molecule has 108 valence electrons. The third kappa shape index (κ3) is 3.66. The number of benzene rings is 1. The summed E-state index contributed by atoms with van der Waals surface area (Å²) in [4.78, 5) is 12.5. The van der Waals surface area contributed by atoms with Crippen LogP contribution in [0.4, 0.5) is 13.2 Å². The Morgan fingerprint density at radius 2 is 1.90 bits per heavy atom. The van der Waals surface area contributed by atoms with E-state index in [1.54, 1.807) is 24.3 Å². The molecule has 1 aliphatic carbocycles. The van der Waals surface area contributed by atoms with E-state index in [4.69, 9.17) is 0 Å². The zero-order chi connectivity index (χ0) is 14.8. The minimum Gasteiger partial charge on any atom is -0.300 e. The number of carbonyl (C=O) groups is 1. The number of alkyl halides is 3. The normalized spacial score (nSPS) is 20.1. The Morgan fingerprint density at radius 3 is 2.45 bits per heavy atom. The van der Waals surface area contributed by atoms with Gasteiger partial charge in [0.1, 0.15) is 5.78 Å². The zero-order valence-corrected chi connectivity index (χ0v) is 11.9. The summed E-state index contributed by atoms with van der Waals surface area (Å²) < 4.78 is 39.2. The summed E-state index contributed by atoms with van der Waals surface area (Å²) in [5.74, 6) is -0.315. The molecule has 1 nitrogen and oxygen atoms in total. The van der Waals surface area contributed by atoms with Crippen molar-refractivity contribution in [1.82, 2.24) is 0 Å². The van der Waals surface area contributed by atoms with Crippen LogP contribution in [-0.4, -0.2) is 12.0 Å². The van der Waals surface area contributed by atoms with E-state index >= 15 is 0 Å². The highest BCUT2D eigenvalue weighted by Crippen LogP contribution is 2.45. The number of thioether (sulfide) groups is 1. The predicted octanol–water partition coefficient (Wildman–Crippen LogP) is 4.98. The molecule has 0 heterocycles. The number of ketones is 1. The summed E-state index contributed by atoms with van der Waals surface area (Å²) in [6.07, 6.45) is -3.88. The summed E-state index contributed by atoms with van der Waals surface area (Å²) in [5, 5.41) is 0. The van der Waals surface area contributed by atoms with Crippen LogP contribution in [0.1, 0.15) is 26.2 Å². The molecule has 0 aliphatic heterocycles. The summed E-state index contributed by atoms with van der Waals surface area (Å²) in [7, 11) is 0. The molecule has 1 atom stereocenters. The lowest BCUT2D eigenvalue weighted by Gasteiger charge is -2.26. The van der Waals surface area contributed by atoms with Gasteiger partial charge in [-0.2, -0.15) is 13.2 Å². The van der Waals surface area contributed by atoms with Gasteiger partial charge in [-0.15, -0.1) is 0 Å². The SMILES string of the molecule is CC(=O)C1CCC(C(F)(F)F)=C(Sc2ccccc2)C1. The molecule has 1 unspecified atom stereocenters. The molecule has 2 rings (SSSR count). The number of allylic oxidation sites excluding steroid dienone is 2. The molecule has 0 aromatic heterocycles. The Morgan fingerprint density at radius 1 is 1.25 bits per heavy atom. The van der Waals surface area contributed by atoms with E-state index in [9.17, 15) is 18.0 Å². The van der Waals surface area contributed by atoms with Crippen LogP contribution in [0, 0.1) is 5.92 Å². The van der Waals surface area contributed by atoms with Crippen LogP contribution in [-0.2, 0) is 4.79 Å². The van der Waals surface area contributed by atoms with Crippen LogP contribution in [0.15, 0.2) is 45.7 Å². The molecule has 0 saturated heterocycles. The van der Waals surface area contributed by atoms with Crippen LogP contribution < -0.4 is 0 Å². The van der Waals surface area contributed by atoms with Crippen molar-refractivity contribution >= 4 is 17.5 Å². The van der Waals surface area contributed by atoms with Gasteiger partial charge in [0.15, 0.2) is 0 Å². The van der Waals surface area contributed by atoms with Crippen molar-refractivity contribution in [2.24, 2.45) is 5.92 Å². The minimum atomic E-state index is -4.31. The van der Waals surface area contributed by atoms with Gasteiger partial charge in [0.25, 0.3) is 0 Å². The monoisotopic (exact) mass is 300 g/mol. The quantitative estimate of drug-likeness (QED) is 0.782. The molecule has 0 saturated carbocycles. The van der Waals surface area contributed by atoms with Crippen LogP contribution in [0.2, 0.25) is 0 Å². The Bertz CT molecular complexity index is 520. The van der Waals surface area contributed by atoms with Crippen molar-refractivity contribution in [2.45, 2.75) is 37.3 Å². The molecule has 1 aliphatic rings. The second-order valence-electron chi connectivity index (χ2n) is 4.86. The summed E-state index contributed by atoms with van der Waals surface area (Å²) in [6, 6.07) is 8.97. The second-order valence-corrected chi connectivity index (χ2v) is 6.03. The van der Waals surface area contributed by atoms with Crippen LogP contribution in [0.25, 0.3) is 0 Å². The van der Waals surface area contributed by atoms with Gasteiger partial charge in [-0.25, -0.2) is 0 Å². The van der Waals surface area contributed by atoms with Crippen LogP contribution >= 0.6 is 11.8 Å². The lowest BCUT2D eigenvalue weighted by atomic mass is 9.87. The van der Waals surface area contributed by atoms with Crippen molar-refractivity contribution in [3.05, 3.63) is 40.8 Å². The van der Waals surface area contributed by atoms with E-state index < -0.39 is 11.7 Å². The Labute approximate surface area is 120 Å². The van der Waals surface area contributed by atoms with Gasteiger partial charge in [0, 0.05) is 16.4 Å². The summed E-state index contributed by atoms with van der Waals surface area (Å²) in [6.45, 7) is 1.45. The largest absolute Gasteiger partial charge is 0.413 e. The van der Waals surface area contributed by atoms with E-state index in [1.165, 1.54) is 6.92 Å². The van der Waals surface area contributed by atoms with Crippen molar-refractivity contribution < 1.29 is 18.0 Å². The smallest absolute Gasteiger partial charge is 0.300 e. The van der Waals surface area contributed by atoms with E-state index in [0.29, 0.717) is 6.42 Å². The molecule has 0 N–H and O–H groups in total. The first-order valence-corrected chi connectivity index (χ1v) is 7.22. The van der Waals surface area contributed by atoms with Crippen molar-refractivity contribution in [3.63, 3.8) is 0 Å². The Balaban J connectivity index is 2.30. The van der Waals surface area contributed by atoms with Crippen molar-refractivity contribution in [2.75, 3.05) is 0 Å². The van der Waals surface area contributed by atoms with Crippen molar-refractivity contribution in [1.29, 1.82) is 0 Å². The molecular weight excluding hydrogens is 285 g/mol. The molecule has 0 radical (unpaired) electrons. The fourth-order valence-electron chi connectivity index (χ4n) is 2.29. The fourth-order valence-corrected chi connectivity index (χ4v) is 3.49. The highest BCUT2D eigenvalue weighted by Gasteiger charge is 2.39. The Hall–Kier alpha value is -1.23. The highest BCUT2D eigenvalue weighted by molar-refractivity contribution is 8.03. The van der Waals surface area contributed by atoms with Gasteiger partial charge in [0.05, 0.1) is 0 Å². The lowest BCUT2D eigenvalue weighted by molar-refractivity contribution is -0.122. The third-order valence-corrected chi connectivity index (χ3v) is 4.58. The maximum absolute atomic E-state index is 13.1. The highest BCUT2D eigenvalue weighted by atomic mass is 32.2. The number of rotatable bonds is 3. The first kappa shape index (κ1) is 15.2. The second kappa shape index (κ2) is 6.04. The maximum Gasteiger partial charge on any atom is 0.413 e. The molecule has 5 heteroatoms. The zero-order valence-electron chi connectivity index (χ0n) is 11.0. The van der Waals surface area contributed by atoms with Gasteiger partial charge in [-0.05, 0) is 43.2 Å². The van der Waals surface area contributed by atoms with Crippen molar-refractivity contribution in [3.8, 4) is 0 Å². The lowest BCUT2D eigenvalue weighted by Crippen LogP contribution is -2.23. The number of Topliss-reactive ketones (excluding diaryl/α,β-unsaturated/α-hetero) is 1. The van der Waals surface area contributed by atoms with Gasteiger partial charge in [-0.3, -0.25) is 4.79 Å². The molecule has 0 amide bonds. The first-order valence-electron chi connectivity index (χ1n) is 6.40. The minimum absolute atomic E-state index is 0.0302. The standard InChI is InChI=1S/C15H15F3OS/c1-10(19)11-7-8-13(15(16,17)18)14(9-11)20-12-5-3-2-4-6-12/h2-6,11H,7-9H2,1H3. The molecule has 0 spiro atoms. The predicted molar refractivity (Wildman–Crippen MR) is 73.4 cm³/mol. The van der Waals surface area contributed by atoms with Crippen LogP contribution in [0.5, 0.6) is 0 Å². The molecule has 1 aromatic carbocycles. The first-order chi connectivity index (χ1) is 9.38. The van der Waals surface area contributed by atoms with E-state index in [2.05, 4.69) is 0 Å². The summed E-state index contributed by atoms with van der Waals surface area (Å²) >= 11 is 1.13. The fraction of sp³-hybridized carbons (Fsp3) is 0.400. The molecule has 0 fully saturated rings. The van der Waals surface area contributed by atoms with E-state index in [1.807, 2.05) is 6.07 Å². The molecule has 20 heavy (non-hydrogen) atoms. The molecule has 0 bridgehead atoms. The van der Waals surface area contributed by atoms with Gasteiger partial charge in [0.2, 0.25) is 0 Å². The number of hydrogen-bond donors (Lipinski definition) is 0. The van der Waals surface area contributed by atoms with E-state index in [-0.39, 0.29) is 29.4 Å². The summed E-state index contributed by atoms with van der Waals surface area (Å²) in [5.41, 5.74) is -0.469. The average Bonchev–Trinajstić information content (AvgIpc) is 2.38. The number of halogens is 3. The molecular formula is C15H15F3OS.